The normalized spacial score (nSPS) is 19.9. The summed E-state index contributed by atoms with van der Waals surface area (Å²) in [4.78, 5) is 15.0. The van der Waals surface area contributed by atoms with Crippen molar-refractivity contribution in [2.75, 3.05) is 33.7 Å². The van der Waals surface area contributed by atoms with Crippen molar-refractivity contribution >= 4 is 29.2 Å². The van der Waals surface area contributed by atoms with E-state index in [9.17, 15) is 0 Å². The van der Waals surface area contributed by atoms with Crippen LogP contribution in [-0.4, -0.2) is 56.3 Å². The van der Waals surface area contributed by atoms with Crippen LogP contribution in [0.1, 0.15) is 47.0 Å². The number of halogens is 1. The monoisotopic (exact) mass is 449 g/mol. The SMILES string of the molecule is C=C(Cl)CNC(=NC)N(C)CCC(C)C1CC1CCN=C(/C=C/C#N)N=C(C)N.CC. The maximum absolute atomic E-state index is 8.67. The van der Waals surface area contributed by atoms with Crippen LogP contribution in [0, 0.1) is 29.1 Å². The minimum atomic E-state index is 0.438. The Balaban J connectivity index is 0.00000436. The molecule has 1 aliphatic carbocycles. The summed E-state index contributed by atoms with van der Waals surface area (Å²) in [5.74, 6) is 3.88. The Bertz CT molecular complexity index is 699. The van der Waals surface area contributed by atoms with Gasteiger partial charge in [-0.3, -0.25) is 9.98 Å². The van der Waals surface area contributed by atoms with Crippen LogP contribution >= 0.6 is 11.6 Å². The first-order valence-corrected chi connectivity index (χ1v) is 11.3. The molecule has 3 N–H and O–H groups in total. The molecule has 0 amide bonds. The van der Waals surface area contributed by atoms with Crippen molar-refractivity contribution in [3.8, 4) is 6.07 Å². The molecular formula is C23H40ClN7. The third-order valence-corrected chi connectivity index (χ3v) is 5.14. The smallest absolute Gasteiger partial charge is 0.193 e. The highest BCUT2D eigenvalue weighted by Gasteiger charge is 2.39. The van der Waals surface area contributed by atoms with E-state index in [1.54, 1.807) is 20.0 Å². The summed E-state index contributed by atoms with van der Waals surface area (Å²) in [6.45, 7) is 13.9. The minimum Gasteiger partial charge on any atom is -0.387 e. The maximum atomic E-state index is 8.67. The zero-order chi connectivity index (χ0) is 23.8. The van der Waals surface area contributed by atoms with Gasteiger partial charge >= 0.3 is 0 Å². The molecule has 0 spiro atoms. The predicted octanol–water partition coefficient (Wildman–Crippen LogP) is 4.18. The fourth-order valence-corrected chi connectivity index (χ4v) is 3.41. The van der Waals surface area contributed by atoms with Crippen LogP contribution in [0.15, 0.2) is 38.7 Å². The first kappa shape index (κ1) is 28.7. The van der Waals surface area contributed by atoms with Gasteiger partial charge in [0, 0.05) is 38.3 Å². The van der Waals surface area contributed by atoms with Crippen molar-refractivity contribution in [1.82, 2.24) is 10.2 Å². The lowest BCUT2D eigenvalue weighted by Crippen LogP contribution is -2.40. The Hall–Kier alpha value is -2.33. The lowest BCUT2D eigenvalue weighted by molar-refractivity contribution is 0.371. The highest BCUT2D eigenvalue weighted by Crippen LogP contribution is 2.47. The van der Waals surface area contributed by atoms with E-state index < -0.39 is 0 Å². The molecule has 8 heteroatoms. The van der Waals surface area contributed by atoms with Crippen LogP contribution in [0.5, 0.6) is 0 Å². The Morgan fingerprint density at radius 3 is 2.68 bits per heavy atom. The van der Waals surface area contributed by atoms with Gasteiger partial charge in [-0.25, -0.2) is 4.99 Å². The molecule has 0 saturated heterocycles. The van der Waals surface area contributed by atoms with Crippen LogP contribution in [0.4, 0.5) is 0 Å². The van der Waals surface area contributed by atoms with Crippen LogP contribution in [0.3, 0.4) is 0 Å². The average molecular weight is 450 g/mol. The number of hydrogen-bond donors (Lipinski definition) is 2. The predicted molar refractivity (Wildman–Crippen MR) is 135 cm³/mol. The summed E-state index contributed by atoms with van der Waals surface area (Å²) in [7, 11) is 3.81. The van der Waals surface area contributed by atoms with E-state index in [0.717, 1.165) is 31.3 Å². The largest absolute Gasteiger partial charge is 0.387 e. The van der Waals surface area contributed by atoms with Gasteiger partial charge in [-0.1, -0.05) is 39.0 Å². The summed E-state index contributed by atoms with van der Waals surface area (Å²) in [5.41, 5.74) is 5.62. The fraction of sp³-hybridized carbons (Fsp3) is 0.652. The van der Waals surface area contributed by atoms with Crippen molar-refractivity contribution < 1.29 is 0 Å². The number of rotatable bonds is 10. The van der Waals surface area contributed by atoms with Gasteiger partial charge in [0.15, 0.2) is 5.96 Å². The van der Waals surface area contributed by atoms with Gasteiger partial charge < -0.3 is 16.0 Å². The molecule has 7 nitrogen and oxygen atoms in total. The van der Waals surface area contributed by atoms with E-state index >= 15 is 0 Å². The molecular weight excluding hydrogens is 410 g/mol. The molecule has 0 aromatic rings. The summed E-state index contributed by atoms with van der Waals surface area (Å²) in [6, 6.07) is 1.95. The number of aliphatic imine (C=N–C) groups is 3. The molecule has 0 radical (unpaired) electrons. The first-order valence-electron chi connectivity index (χ1n) is 10.9. The van der Waals surface area contributed by atoms with Crippen LogP contribution in [0.2, 0.25) is 0 Å². The zero-order valence-electron chi connectivity index (χ0n) is 20.0. The number of nitriles is 1. The Kier molecular flexibility index (Phi) is 15.1. The van der Waals surface area contributed by atoms with Gasteiger partial charge in [0.05, 0.1) is 18.4 Å². The van der Waals surface area contributed by atoms with Gasteiger partial charge in [0.1, 0.15) is 5.84 Å². The second kappa shape index (κ2) is 16.4. The molecule has 1 rings (SSSR count). The second-order valence-corrected chi connectivity index (χ2v) is 8.04. The van der Waals surface area contributed by atoms with Gasteiger partial charge in [-0.05, 0) is 50.0 Å². The molecule has 1 fully saturated rings. The van der Waals surface area contributed by atoms with Crippen molar-refractivity contribution in [2.45, 2.75) is 47.0 Å². The van der Waals surface area contributed by atoms with E-state index in [2.05, 4.69) is 38.7 Å². The molecule has 0 aromatic heterocycles. The summed E-state index contributed by atoms with van der Waals surface area (Å²) >= 11 is 5.82. The quantitative estimate of drug-likeness (QED) is 0.296. The zero-order valence-corrected chi connectivity index (χ0v) is 20.8. The van der Waals surface area contributed by atoms with E-state index in [4.69, 9.17) is 22.6 Å². The Labute approximate surface area is 193 Å². The molecule has 3 atom stereocenters. The number of hydrogen-bond acceptors (Lipinski definition) is 3. The molecule has 0 aromatic carbocycles. The topological polar surface area (TPSA) is 102 Å². The number of amidine groups is 2. The average Bonchev–Trinajstić information content (AvgIpc) is 3.51. The fourth-order valence-electron chi connectivity index (χ4n) is 3.34. The molecule has 3 unspecified atom stereocenters. The molecule has 1 aliphatic rings. The number of guanidine groups is 1. The van der Waals surface area contributed by atoms with Crippen LogP contribution in [-0.2, 0) is 0 Å². The molecule has 1 saturated carbocycles. The molecule has 0 bridgehead atoms. The van der Waals surface area contributed by atoms with Gasteiger partial charge in [0.25, 0.3) is 0 Å². The molecule has 31 heavy (non-hydrogen) atoms. The van der Waals surface area contributed by atoms with Gasteiger partial charge in [-0.15, -0.1) is 0 Å². The van der Waals surface area contributed by atoms with E-state index in [1.807, 2.05) is 27.0 Å². The van der Waals surface area contributed by atoms with Crippen LogP contribution in [0.25, 0.3) is 0 Å². The van der Waals surface area contributed by atoms with E-state index in [1.165, 1.54) is 12.5 Å². The van der Waals surface area contributed by atoms with Crippen LogP contribution < -0.4 is 11.1 Å². The highest BCUT2D eigenvalue weighted by atomic mass is 35.5. The van der Waals surface area contributed by atoms with E-state index in [0.29, 0.717) is 41.6 Å². The number of nitrogens with zero attached hydrogens (tertiary/aromatic N) is 5. The number of nitrogens with two attached hydrogens (primary N) is 1. The van der Waals surface area contributed by atoms with E-state index in [-0.39, 0.29) is 0 Å². The van der Waals surface area contributed by atoms with Gasteiger partial charge in [-0.2, -0.15) is 5.26 Å². The lowest BCUT2D eigenvalue weighted by atomic mass is 9.99. The molecule has 0 aliphatic heterocycles. The van der Waals surface area contributed by atoms with Gasteiger partial charge in [0.2, 0.25) is 0 Å². The summed E-state index contributed by atoms with van der Waals surface area (Å²) in [5, 5.41) is 12.4. The van der Waals surface area contributed by atoms with Crippen molar-refractivity contribution in [2.24, 2.45) is 38.5 Å². The Morgan fingerprint density at radius 1 is 1.45 bits per heavy atom. The highest BCUT2D eigenvalue weighted by molar-refractivity contribution is 6.29. The maximum Gasteiger partial charge on any atom is 0.193 e. The first-order chi connectivity index (χ1) is 14.8. The number of allylic oxidation sites excluding steroid dienone is 1. The van der Waals surface area contributed by atoms with Crippen molar-refractivity contribution in [1.29, 1.82) is 5.26 Å². The Morgan fingerprint density at radius 2 is 2.13 bits per heavy atom. The standard InChI is InChI=1S/C21H34ClN7.C2H6/c1-15(9-12-29(5)21(25-4)27-14-16(2)22)19-13-18(19)8-11-26-20(7-6-10-23)28-17(3)24;1-2/h6-7,15,18-19H,2,8-9,11-14H2,1,3-5H3,(H,25,27)(H2,24,26,28);1-2H3/b7-6+;. The molecule has 0 heterocycles. The molecule has 174 valence electrons. The van der Waals surface area contributed by atoms with Crippen molar-refractivity contribution in [3.05, 3.63) is 23.8 Å². The third kappa shape index (κ3) is 12.8. The summed E-state index contributed by atoms with van der Waals surface area (Å²) in [6.07, 6.45) is 6.36. The third-order valence-electron chi connectivity index (χ3n) is 5.01. The lowest BCUT2D eigenvalue weighted by Gasteiger charge is -2.23. The number of nitrogens with one attached hydrogen (secondary N) is 1. The second-order valence-electron chi connectivity index (χ2n) is 7.51. The summed E-state index contributed by atoms with van der Waals surface area (Å²) < 4.78 is 0. The van der Waals surface area contributed by atoms with Crippen molar-refractivity contribution in [3.63, 3.8) is 0 Å². The minimum absolute atomic E-state index is 0.438.